The molecule has 0 N–H and O–H groups in total. The second-order valence-corrected chi connectivity index (χ2v) is 5.69. The molecule has 2 heterocycles. The first-order chi connectivity index (χ1) is 9.60. The molecule has 2 rings (SSSR count). The summed E-state index contributed by atoms with van der Waals surface area (Å²) in [4.78, 5) is 31.4. The number of hydrogen-bond donors (Lipinski definition) is 0. The number of imidazole rings is 1. The summed E-state index contributed by atoms with van der Waals surface area (Å²) in [6.07, 6.45) is -0.667. The number of carbonyl (C=O) groups excluding carboxylic acids is 2. The third-order valence-electron chi connectivity index (χ3n) is 2.68. The fraction of sp³-hybridized carbons (Fsp3) is 0.429. The number of carbonyl (C=O) groups is 2. The third kappa shape index (κ3) is 2.91. The monoisotopic (exact) mass is 293 g/mol. The molecule has 0 aliphatic carbocycles. The maximum absolute atomic E-state index is 13.9. The minimum absolute atomic E-state index is 0.130. The summed E-state index contributed by atoms with van der Waals surface area (Å²) in [6.45, 7) is 7.98. The first kappa shape index (κ1) is 15.1. The van der Waals surface area contributed by atoms with Gasteiger partial charge >= 0.3 is 6.09 Å². The number of nitrogens with zero attached hydrogens (tertiary/aromatic N) is 3. The maximum Gasteiger partial charge on any atom is 0.420 e. The minimum Gasteiger partial charge on any atom is -0.443 e. The molecule has 7 heteroatoms. The van der Waals surface area contributed by atoms with E-state index in [1.54, 1.807) is 27.7 Å². The van der Waals surface area contributed by atoms with Crippen LogP contribution in [0.1, 0.15) is 44.0 Å². The van der Waals surface area contributed by atoms with E-state index in [-0.39, 0.29) is 16.9 Å². The molecule has 0 aliphatic rings. The van der Waals surface area contributed by atoms with Gasteiger partial charge in [-0.2, -0.15) is 0 Å². The van der Waals surface area contributed by atoms with Gasteiger partial charge in [-0.15, -0.1) is 0 Å². The highest BCUT2D eigenvalue weighted by molar-refractivity contribution is 5.95. The number of aromatic nitrogens is 3. The van der Waals surface area contributed by atoms with Crippen molar-refractivity contribution in [2.24, 2.45) is 0 Å². The minimum atomic E-state index is -0.792. The van der Waals surface area contributed by atoms with Gasteiger partial charge in [0.15, 0.2) is 17.2 Å². The van der Waals surface area contributed by atoms with Crippen LogP contribution in [0.15, 0.2) is 6.07 Å². The van der Waals surface area contributed by atoms with Crippen LogP contribution in [0.25, 0.3) is 11.2 Å². The molecule has 0 atom stereocenters. The number of pyridine rings is 1. The number of Topliss-reactive ketones (excluding diaryl/α,β-unsaturated/α-hetero) is 1. The Hall–Kier alpha value is -2.31. The molecule has 21 heavy (non-hydrogen) atoms. The molecule has 0 aromatic carbocycles. The van der Waals surface area contributed by atoms with Crippen molar-refractivity contribution in [1.82, 2.24) is 14.5 Å². The number of rotatable bonds is 1. The Balaban J connectivity index is 2.60. The fourth-order valence-electron chi connectivity index (χ4n) is 1.88. The van der Waals surface area contributed by atoms with Gasteiger partial charge < -0.3 is 4.74 Å². The summed E-state index contributed by atoms with van der Waals surface area (Å²) < 4.78 is 20.3. The van der Waals surface area contributed by atoms with Crippen molar-refractivity contribution in [2.75, 3.05) is 0 Å². The van der Waals surface area contributed by atoms with Gasteiger partial charge in [0, 0.05) is 13.0 Å². The van der Waals surface area contributed by atoms with Crippen molar-refractivity contribution in [3.8, 4) is 0 Å². The highest BCUT2D eigenvalue weighted by atomic mass is 19.1. The molecule has 0 saturated heterocycles. The predicted molar refractivity (Wildman–Crippen MR) is 73.9 cm³/mol. The normalized spacial score (nSPS) is 11.7. The zero-order valence-electron chi connectivity index (χ0n) is 12.5. The van der Waals surface area contributed by atoms with Crippen molar-refractivity contribution in [3.63, 3.8) is 0 Å². The third-order valence-corrected chi connectivity index (χ3v) is 2.68. The topological polar surface area (TPSA) is 74.1 Å². The lowest BCUT2D eigenvalue weighted by molar-refractivity contribution is 0.0540. The Morgan fingerprint density at radius 3 is 2.43 bits per heavy atom. The molecule has 2 aromatic rings. The average molecular weight is 293 g/mol. The van der Waals surface area contributed by atoms with E-state index in [1.807, 2.05) is 0 Å². The van der Waals surface area contributed by atoms with Crippen molar-refractivity contribution in [3.05, 3.63) is 23.4 Å². The highest BCUT2D eigenvalue weighted by Crippen LogP contribution is 2.20. The summed E-state index contributed by atoms with van der Waals surface area (Å²) >= 11 is 0. The Bertz CT molecular complexity index is 744. The Morgan fingerprint density at radius 1 is 1.29 bits per heavy atom. The molecule has 112 valence electrons. The van der Waals surface area contributed by atoms with Crippen LogP contribution in [-0.2, 0) is 4.74 Å². The van der Waals surface area contributed by atoms with Crippen molar-refractivity contribution >= 4 is 23.0 Å². The Morgan fingerprint density at radius 2 is 1.90 bits per heavy atom. The SMILES string of the molecule is CC(=O)c1nc2nc(C)n(C(=O)OC(C)(C)C)c2cc1F. The second-order valence-electron chi connectivity index (χ2n) is 5.69. The lowest BCUT2D eigenvalue weighted by Crippen LogP contribution is -2.27. The van der Waals surface area contributed by atoms with Gasteiger partial charge in [0.1, 0.15) is 22.6 Å². The van der Waals surface area contributed by atoms with Crippen LogP contribution < -0.4 is 0 Å². The van der Waals surface area contributed by atoms with Crippen LogP contribution in [0.4, 0.5) is 9.18 Å². The molecule has 0 saturated carbocycles. The molecule has 0 bridgehead atoms. The first-order valence-electron chi connectivity index (χ1n) is 6.40. The average Bonchev–Trinajstić information content (AvgIpc) is 2.60. The summed E-state index contributed by atoms with van der Waals surface area (Å²) in [5.74, 6) is -0.981. The summed E-state index contributed by atoms with van der Waals surface area (Å²) in [5.41, 5.74) is -0.684. The molecule has 6 nitrogen and oxygen atoms in total. The van der Waals surface area contributed by atoms with E-state index in [0.29, 0.717) is 5.82 Å². The second kappa shape index (κ2) is 4.91. The van der Waals surface area contributed by atoms with E-state index >= 15 is 0 Å². The van der Waals surface area contributed by atoms with E-state index in [0.717, 1.165) is 10.6 Å². The van der Waals surface area contributed by atoms with Gasteiger partial charge in [-0.3, -0.25) is 4.79 Å². The van der Waals surface area contributed by atoms with E-state index in [2.05, 4.69) is 9.97 Å². The standard InChI is InChI=1S/C14H16FN3O3/c1-7(19)11-9(15)6-10-12(17-11)16-8(2)18(10)13(20)21-14(3,4)5/h6H,1-5H3. The van der Waals surface area contributed by atoms with Gasteiger partial charge in [0.25, 0.3) is 0 Å². The molecule has 0 fully saturated rings. The van der Waals surface area contributed by atoms with E-state index in [9.17, 15) is 14.0 Å². The number of ketones is 1. The van der Waals surface area contributed by atoms with E-state index < -0.39 is 23.3 Å². The highest BCUT2D eigenvalue weighted by Gasteiger charge is 2.23. The van der Waals surface area contributed by atoms with Crippen LogP contribution in [0.5, 0.6) is 0 Å². The quantitative estimate of drug-likeness (QED) is 0.756. The Kier molecular flexibility index (Phi) is 3.52. The van der Waals surface area contributed by atoms with Crippen molar-refractivity contribution < 1.29 is 18.7 Å². The molecular weight excluding hydrogens is 277 g/mol. The number of aryl methyl sites for hydroxylation is 1. The van der Waals surface area contributed by atoms with Crippen molar-refractivity contribution in [1.29, 1.82) is 0 Å². The molecule has 0 amide bonds. The largest absolute Gasteiger partial charge is 0.443 e. The summed E-state index contributed by atoms with van der Waals surface area (Å²) in [6, 6.07) is 1.07. The number of halogens is 1. The molecule has 0 unspecified atom stereocenters. The maximum atomic E-state index is 13.9. The fourth-order valence-corrected chi connectivity index (χ4v) is 1.88. The van der Waals surface area contributed by atoms with Gasteiger partial charge in [-0.05, 0) is 27.7 Å². The molecule has 0 aliphatic heterocycles. The summed E-state index contributed by atoms with van der Waals surface area (Å²) in [7, 11) is 0. The van der Waals surface area contributed by atoms with E-state index in [4.69, 9.17) is 4.74 Å². The number of ether oxygens (including phenoxy) is 1. The van der Waals surface area contributed by atoms with Crippen LogP contribution in [0.3, 0.4) is 0 Å². The van der Waals surface area contributed by atoms with Gasteiger partial charge in [0.05, 0.1) is 0 Å². The number of fused-ring (bicyclic) bond motifs is 1. The van der Waals surface area contributed by atoms with Crippen LogP contribution in [-0.4, -0.2) is 32.0 Å². The number of hydrogen-bond acceptors (Lipinski definition) is 5. The Labute approximate surface area is 120 Å². The molecule has 0 radical (unpaired) electrons. The summed E-state index contributed by atoms with van der Waals surface area (Å²) in [5, 5.41) is 0. The van der Waals surface area contributed by atoms with Gasteiger partial charge in [0.2, 0.25) is 0 Å². The van der Waals surface area contributed by atoms with Crippen LogP contribution in [0, 0.1) is 12.7 Å². The van der Waals surface area contributed by atoms with Gasteiger partial charge in [-0.25, -0.2) is 23.7 Å². The van der Waals surface area contributed by atoms with Crippen LogP contribution >= 0.6 is 0 Å². The van der Waals surface area contributed by atoms with Crippen molar-refractivity contribution in [2.45, 2.75) is 40.2 Å². The first-order valence-corrected chi connectivity index (χ1v) is 6.40. The molecule has 2 aromatic heterocycles. The molecule has 0 spiro atoms. The smallest absolute Gasteiger partial charge is 0.420 e. The zero-order chi connectivity index (χ0) is 15.9. The molecular formula is C14H16FN3O3. The van der Waals surface area contributed by atoms with Gasteiger partial charge in [-0.1, -0.05) is 0 Å². The van der Waals surface area contributed by atoms with Crippen LogP contribution in [0.2, 0.25) is 0 Å². The predicted octanol–water partition coefficient (Wildman–Crippen LogP) is 2.86. The zero-order valence-corrected chi connectivity index (χ0v) is 12.5. The van der Waals surface area contributed by atoms with E-state index in [1.165, 1.54) is 6.92 Å². The lowest BCUT2D eigenvalue weighted by Gasteiger charge is -2.20. The lowest BCUT2D eigenvalue weighted by atomic mass is 10.2.